The van der Waals surface area contributed by atoms with E-state index >= 15 is 0 Å². The predicted molar refractivity (Wildman–Crippen MR) is 157 cm³/mol. The molecule has 0 atom stereocenters. The Labute approximate surface area is 244 Å². The second-order valence-corrected chi connectivity index (χ2v) is 10.3. The summed E-state index contributed by atoms with van der Waals surface area (Å²) in [6, 6.07) is 11.6. The van der Waals surface area contributed by atoms with Crippen molar-refractivity contribution >= 4 is 29.2 Å². The number of likely N-dealkylation sites (N-methyl/N-ethyl adjacent to an activating group) is 1. The van der Waals surface area contributed by atoms with E-state index in [0.717, 1.165) is 40.9 Å². The number of methoxy groups -OCH3 is 2. The Morgan fingerprint density at radius 2 is 1.74 bits per heavy atom. The van der Waals surface area contributed by atoms with Crippen LogP contribution in [0.1, 0.15) is 29.4 Å². The number of furan rings is 1. The first kappa shape index (κ1) is 28.9. The average molecular weight is 576 g/mol. The third-order valence-electron chi connectivity index (χ3n) is 7.58. The maximum atomic E-state index is 14.3. The average Bonchev–Trinajstić information content (AvgIpc) is 3.58. The molecule has 2 amide bonds. The summed E-state index contributed by atoms with van der Waals surface area (Å²) in [7, 11) is 5.02. The van der Waals surface area contributed by atoms with Crippen LogP contribution in [0.25, 0.3) is 17.2 Å². The fourth-order valence-electron chi connectivity index (χ4n) is 5.19. The highest BCUT2D eigenvalue weighted by atomic mass is 19.1. The van der Waals surface area contributed by atoms with Crippen LogP contribution >= 0.6 is 0 Å². The van der Waals surface area contributed by atoms with Crippen LogP contribution in [0.4, 0.5) is 9.18 Å². The van der Waals surface area contributed by atoms with Gasteiger partial charge in [0.2, 0.25) is 11.7 Å². The van der Waals surface area contributed by atoms with Gasteiger partial charge < -0.3 is 33.7 Å². The molecule has 1 aliphatic carbocycles. The van der Waals surface area contributed by atoms with Gasteiger partial charge in [0.15, 0.2) is 11.5 Å². The van der Waals surface area contributed by atoms with Crippen LogP contribution in [-0.2, 0) is 11.2 Å². The standard InChI is InChI=1S/C32H34FN3O6/c1-20-25(24-8-7-22(33)17-26(24)27(20)19-34-30(37)18-23-6-5-13-41-23)14-21-15-28(39-3)31(29(16-21)40-4)42-32(38)36-11-9-35(2)10-12-36/h5-8,13-17H,9-12,18-19H2,1-4H3,(H,34,37)/b25-14-. The Hall–Kier alpha value is -4.57. The van der Waals surface area contributed by atoms with Gasteiger partial charge in [-0.1, -0.05) is 6.07 Å². The van der Waals surface area contributed by atoms with E-state index in [1.807, 2.05) is 20.0 Å². The summed E-state index contributed by atoms with van der Waals surface area (Å²) in [5, 5.41) is 2.93. The van der Waals surface area contributed by atoms with Crippen molar-refractivity contribution in [3.63, 3.8) is 0 Å². The largest absolute Gasteiger partial charge is 0.493 e. The van der Waals surface area contributed by atoms with Crippen molar-refractivity contribution in [1.29, 1.82) is 0 Å². The molecule has 1 aromatic heterocycles. The second-order valence-electron chi connectivity index (χ2n) is 10.3. The van der Waals surface area contributed by atoms with Gasteiger partial charge in [0, 0.05) is 32.7 Å². The molecule has 0 spiro atoms. The smallest absolute Gasteiger partial charge is 0.415 e. The number of nitrogens with one attached hydrogen (secondary N) is 1. The topological polar surface area (TPSA) is 93.5 Å². The maximum Gasteiger partial charge on any atom is 0.415 e. The molecule has 5 rings (SSSR count). The number of piperazine rings is 1. The van der Waals surface area contributed by atoms with Gasteiger partial charge >= 0.3 is 6.09 Å². The van der Waals surface area contributed by atoms with E-state index in [4.69, 9.17) is 18.6 Å². The van der Waals surface area contributed by atoms with Crippen molar-refractivity contribution < 1.29 is 32.6 Å². The summed E-state index contributed by atoms with van der Waals surface area (Å²) >= 11 is 0. The summed E-state index contributed by atoms with van der Waals surface area (Å²) in [6.45, 7) is 4.85. The number of hydrogen-bond acceptors (Lipinski definition) is 7. The molecule has 0 bridgehead atoms. The van der Waals surface area contributed by atoms with Gasteiger partial charge in [-0.2, -0.15) is 0 Å². The summed E-state index contributed by atoms with van der Waals surface area (Å²) in [5.41, 5.74) is 4.88. The number of carbonyl (C=O) groups excluding carboxylic acids is 2. The number of ether oxygens (including phenoxy) is 3. The molecule has 2 heterocycles. The molecule has 0 radical (unpaired) electrons. The van der Waals surface area contributed by atoms with E-state index in [9.17, 15) is 14.0 Å². The Kier molecular flexibility index (Phi) is 8.63. The summed E-state index contributed by atoms with van der Waals surface area (Å²) < 4.78 is 36.6. The third kappa shape index (κ3) is 6.18. The SMILES string of the molecule is COc1cc(/C=C2/C(C)=C(CNC(=O)Cc3ccco3)c3cc(F)ccc32)cc(OC)c1OC(=O)N1CCN(C)CC1. The Morgan fingerprint density at radius 1 is 1.02 bits per heavy atom. The zero-order valence-corrected chi connectivity index (χ0v) is 24.2. The molecule has 42 heavy (non-hydrogen) atoms. The van der Waals surface area contributed by atoms with Crippen LogP contribution in [0.15, 0.2) is 58.7 Å². The van der Waals surface area contributed by atoms with Gasteiger partial charge in [0.05, 0.1) is 26.9 Å². The highest BCUT2D eigenvalue weighted by Gasteiger charge is 2.27. The van der Waals surface area contributed by atoms with Gasteiger partial charge in [-0.25, -0.2) is 9.18 Å². The van der Waals surface area contributed by atoms with E-state index < -0.39 is 6.09 Å². The maximum absolute atomic E-state index is 14.3. The van der Waals surface area contributed by atoms with Crippen molar-refractivity contribution in [3.05, 3.63) is 82.6 Å². The van der Waals surface area contributed by atoms with Crippen LogP contribution < -0.4 is 19.5 Å². The molecule has 220 valence electrons. The molecule has 0 saturated carbocycles. The highest BCUT2D eigenvalue weighted by molar-refractivity contribution is 6.06. The van der Waals surface area contributed by atoms with Crippen LogP contribution in [-0.4, -0.2) is 75.8 Å². The molecule has 3 aromatic rings. The van der Waals surface area contributed by atoms with E-state index in [-0.39, 0.29) is 30.4 Å². The number of amides is 2. The van der Waals surface area contributed by atoms with Crippen LogP contribution in [0.3, 0.4) is 0 Å². The van der Waals surface area contributed by atoms with E-state index in [0.29, 0.717) is 35.9 Å². The minimum atomic E-state index is -0.463. The van der Waals surface area contributed by atoms with Crippen molar-refractivity contribution in [2.45, 2.75) is 13.3 Å². The molecule has 1 N–H and O–H groups in total. The number of rotatable bonds is 8. The van der Waals surface area contributed by atoms with Crippen molar-refractivity contribution in [2.24, 2.45) is 0 Å². The number of carbonyl (C=O) groups is 2. The highest BCUT2D eigenvalue weighted by Crippen LogP contribution is 2.44. The summed E-state index contributed by atoms with van der Waals surface area (Å²) in [6.07, 6.45) is 3.12. The normalized spacial score (nSPS) is 16.0. The minimum absolute atomic E-state index is 0.114. The number of allylic oxidation sites excluding steroid dienone is 2. The van der Waals surface area contributed by atoms with Crippen molar-refractivity contribution in [1.82, 2.24) is 15.1 Å². The van der Waals surface area contributed by atoms with E-state index in [2.05, 4.69) is 10.2 Å². The Balaban J connectivity index is 1.43. The predicted octanol–water partition coefficient (Wildman–Crippen LogP) is 4.87. The molecule has 2 aromatic carbocycles. The first-order chi connectivity index (χ1) is 20.3. The van der Waals surface area contributed by atoms with Gasteiger partial charge in [-0.15, -0.1) is 0 Å². The zero-order valence-electron chi connectivity index (χ0n) is 24.2. The minimum Gasteiger partial charge on any atom is -0.493 e. The van der Waals surface area contributed by atoms with Gasteiger partial charge in [-0.05, 0) is 89.9 Å². The molecule has 2 aliphatic rings. The molecular formula is C32H34FN3O6. The van der Waals surface area contributed by atoms with E-state index in [1.165, 1.54) is 32.6 Å². The monoisotopic (exact) mass is 575 g/mol. The molecule has 0 unspecified atom stereocenters. The van der Waals surface area contributed by atoms with Crippen LogP contribution in [0, 0.1) is 5.82 Å². The first-order valence-corrected chi connectivity index (χ1v) is 13.7. The second kappa shape index (κ2) is 12.5. The molecule has 1 saturated heterocycles. The molecule has 1 aliphatic heterocycles. The zero-order chi connectivity index (χ0) is 29.8. The van der Waals surface area contributed by atoms with Crippen molar-refractivity contribution in [2.75, 3.05) is 54.0 Å². The van der Waals surface area contributed by atoms with Gasteiger partial charge in [-0.3, -0.25) is 4.79 Å². The lowest BCUT2D eigenvalue weighted by atomic mass is 10.00. The molecule has 9 nitrogen and oxygen atoms in total. The van der Waals surface area contributed by atoms with Gasteiger partial charge in [0.25, 0.3) is 0 Å². The molecule has 10 heteroatoms. The number of halogens is 1. The summed E-state index contributed by atoms with van der Waals surface area (Å²) in [4.78, 5) is 29.3. The van der Waals surface area contributed by atoms with Gasteiger partial charge in [0.1, 0.15) is 11.6 Å². The lowest BCUT2D eigenvalue weighted by Gasteiger charge is -2.31. The van der Waals surface area contributed by atoms with Crippen molar-refractivity contribution in [3.8, 4) is 17.2 Å². The first-order valence-electron chi connectivity index (χ1n) is 13.7. The lowest BCUT2D eigenvalue weighted by molar-refractivity contribution is -0.120. The summed E-state index contributed by atoms with van der Waals surface area (Å²) in [5.74, 6) is 0.888. The van der Waals surface area contributed by atoms with Crippen LogP contribution in [0.5, 0.6) is 17.2 Å². The number of benzene rings is 2. The quantitative estimate of drug-likeness (QED) is 0.410. The number of nitrogens with zero attached hydrogens (tertiary/aromatic N) is 2. The lowest BCUT2D eigenvalue weighted by Crippen LogP contribution is -2.48. The number of fused-ring (bicyclic) bond motifs is 1. The number of hydrogen-bond donors (Lipinski definition) is 1. The fraction of sp³-hybridized carbons (Fsp3) is 0.312. The Morgan fingerprint density at radius 3 is 2.38 bits per heavy atom. The molecular weight excluding hydrogens is 541 g/mol. The molecule has 1 fully saturated rings. The third-order valence-corrected chi connectivity index (χ3v) is 7.58. The fourth-order valence-corrected chi connectivity index (χ4v) is 5.19. The Bertz CT molecular complexity index is 1510. The van der Waals surface area contributed by atoms with E-state index in [1.54, 1.807) is 35.2 Å². The van der Waals surface area contributed by atoms with Crippen LogP contribution in [0.2, 0.25) is 0 Å².